The fourth-order valence-electron chi connectivity index (χ4n) is 2.16. The summed E-state index contributed by atoms with van der Waals surface area (Å²) in [7, 11) is 0. The van der Waals surface area contributed by atoms with Gasteiger partial charge in [0.25, 0.3) is 0 Å². The van der Waals surface area contributed by atoms with Gasteiger partial charge in [-0.15, -0.1) is 10.2 Å². The van der Waals surface area contributed by atoms with Gasteiger partial charge in [-0.1, -0.05) is 53.7 Å². The second-order valence-electron chi connectivity index (χ2n) is 4.59. The summed E-state index contributed by atoms with van der Waals surface area (Å²) >= 11 is 7.55. The summed E-state index contributed by atoms with van der Waals surface area (Å²) in [5, 5.41) is 10.2. The average molecular weight is 316 g/mol. The van der Waals surface area contributed by atoms with E-state index < -0.39 is 0 Å². The van der Waals surface area contributed by atoms with E-state index >= 15 is 0 Å². The molecule has 3 nitrogen and oxygen atoms in total. The fraction of sp³-hybridized carbons (Fsp3) is 0.125. The quantitative estimate of drug-likeness (QED) is 0.670. The first-order valence-corrected chi connectivity index (χ1v) is 8.15. The van der Waals surface area contributed by atoms with E-state index in [1.54, 1.807) is 11.8 Å². The molecule has 0 atom stereocenters. The van der Waals surface area contributed by atoms with Crippen LogP contribution in [0.5, 0.6) is 0 Å². The minimum absolute atomic E-state index is 0.720. The summed E-state index contributed by atoms with van der Waals surface area (Å²) in [6, 6.07) is 18.0. The molecule has 0 unspecified atom stereocenters. The number of benzene rings is 2. The molecule has 0 amide bonds. The minimum atomic E-state index is 0.720. The predicted molar refractivity (Wildman–Crippen MR) is 87.8 cm³/mol. The van der Waals surface area contributed by atoms with Gasteiger partial charge in [-0.05, 0) is 36.1 Å². The van der Waals surface area contributed by atoms with Crippen molar-refractivity contribution >= 4 is 23.4 Å². The molecule has 2 aromatic carbocycles. The normalized spacial score (nSPS) is 10.8. The van der Waals surface area contributed by atoms with Gasteiger partial charge < -0.3 is 0 Å². The first-order valence-electron chi connectivity index (χ1n) is 6.55. The number of hydrogen-bond acceptors (Lipinski definition) is 3. The Morgan fingerprint density at radius 1 is 1.00 bits per heavy atom. The highest BCUT2D eigenvalue weighted by Gasteiger charge is 2.13. The minimum Gasteiger partial charge on any atom is -0.298 e. The smallest absolute Gasteiger partial charge is 0.191 e. The molecule has 0 aliphatic carbocycles. The van der Waals surface area contributed by atoms with Crippen LogP contribution in [0.25, 0.3) is 11.4 Å². The van der Waals surface area contributed by atoms with E-state index in [-0.39, 0.29) is 0 Å². The van der Waals surface area contributed by atoms with Crippen LogP contribution in [0.15, 0.2) is 59.8 Å². The van der Waals surface area contributed by atoms with Gasteiger partial charge in [-0.3, -0.25) is 4.57 Å². The molecular weight excluding hydrogens is 302 g/mol. The zero-order valence-electron chi connectivity index (χ0n) is 11.5. The molecule has 0 saturated heterocycles. The van der Waals surface area contributed by atoms with Crippen LogP contribution in [-0.2, 0) is 6.54 Å². The van der Waals surface area contributed by atoms with Crippen molar-refractivity contribution in [3.63, 3.8) is 0 Å². The van der Waals surface area contributed by atoms with Gasteiger partial charge in [-0.2, -0.15) is 0 Å². The highest BCUT2D eigenvalue weighted by molar-refractivity contribution is 7.98. The van der Waals surface area contributed by atoms with E-state index in [2.05, 4.69) is 26.9 Å². The molecule has 0 bridgehead atoms. The number of hydrogen-bond donors (Lipinski definition) is 0. The Kier molecular flexibility index (Phi) is 4.27. The summed E-state index contributed by atoms with van der Waals surface area (Å²) in [6.45, 7) is 0.752. The molecule has 3 rings (SSSR count). The second-order valence-corrected chi connectivity index (χ2v) is 5.80. The van der Waals surface area contributed by atoms with E-state index in [9.17, 15) is 0 Å². The maximum Gasteiger partial charge on any atom is 0.191 e. The monoisotopic (exact) mass is 315 g/mol. The summed E-state index contributed by atoms with van der Waals surface area (Å²) in [5.74, 6) is 0.861. The SMILES string of the molecule is CSc1nnc(-c2ccc(Cl)cc2)n1Cc1ccccc1. The summed E-state index contributed by atoms with van der Waals surface area (Å²) in [6.07, 6.45) is 2.01. The predicted octanol–water partition coefficient (Wildman–Crippen LogP) is 4.37. The maximum absolute atomic E-state index is 5.95. The molecule has 3 aromatic rings. The highest BCUT2D eigenvalue weighted by atomic mass is 35.5. The molecule has 21 heavy (non-hydrogen) atoms. The molecule has 1 heterocycles. The van der Waals surface area contributed by atoms with Crippen molar-refractivity contribution in [1.82, 2.24) is 14.8 Å². The molecule has 5 heteroatoms. The number of thioether (sulfide) groups is 1. The van der Waals surface area contributed by atoms with E-state index in [0.29, 0.717) is 0 Å². The molecule has 0 N–H and O–H groups in total. The Bertz CT molecular complexity index is 723. The number of aromatic nitrogens is 3. The molecule has 0 radical (unpaired) electrons. The van der Waals surface area contributed by atoms with E-state index in [0.717, 1.165) is 28.1 Å². The third-order valence-corrected chi connectivity index (χ3v) is 4.10. The van der Waals surface area contributed by atoms with Gasteiger partial charge in [-0.25, -0.2) is 0 Å². The van der Waals surface area contributed by atoms with Crippen LogP contribution < -0.4 is 0 Å². The zero-order chi connectivity index (χ0) is 14.7. The van der Waals surface area contributed by atoms with Crippen LogP contribution in [0.3, 0.4) is 0 Å². The molecule has 0 fully saturated rings. The van der Waals surface area contributed by atoms with Crippen molar-refractivity contribution in [1.29, 1.82) is 0 Å². The van der Waals surface area contributed by atoms with Crippen molar-refractivity contribution in [2.75, 3.05) is 6.26 Å². The zero-order valence-corrected chi connectivity index (χ0v) is 13.1. The third kappa shape index (κ3) is 3.12. The van der Waals surface area contributed by atoms with Crippen molar-refractivity contribution < 1.29 is 0 Å². The Hall–Kier alpha value is -1.78. The summed E-state index contributed by atoms with van der Waals surface area (Å²) in [5.41, 5.74) is 2.24. The van der Waals surface area contributed by atoms with Gasteiger partial charge in [0.2, 0.25) is 0 Å². The third-order valence-electron chi connectivity index (χ3n) is 3.19. The maximum atomic E-state index is 5.95. The van der Waals surface area contributed by atoms with Crippen molar-refractivity contribution in [2.24, 2.45) is 0 Å². The van der Waals surface area contributed by atoms with Crippen molar-refractivity contribution in [3.8, 4) is 11.4 Å². The Morgan fingerprint density at radius 3 is 2.38 bits per heavy atom. The van der Waals surface area contributed by atoms with E-state index in [1.165, 1.54) is 5.56 Å². The molecule has 0 aliphatic heterocycles. The number of nitrogens with zero attached hydrogens (tertiary/aromatic N) is 3. The fourth-order valence-corrected chi connectivity index (χ4v) is 2.78. The number of rotatable bonds is 4. The largest absolute Gasteiger partial charge is 0.298 e. The molecule has 0 spiro atoms. The van der Waals surface area contributed by atoms with E-state index in [1.807, 2.05) is 48.7 Å². The van der Waals surface area contributed by atoms with Crippen molar-refractivity contribution in [2.45, 2.75) is 11.7 Å². The van der Waals surface area contributed by atoms with Gasteiger partial charge in [0.15, 0.2) is 11.0 Å². The Morgan fingerprint density at radius 2 is 1.71 bits per heavy atom. The standard InChI is InChI=1S/C16H14ClN3S/c1-21-16-19-18-15(13-7-9-14(17)10-8-13)20(16)11-12-5-3-2-4-6-12/h2-10H,11H2,1H3. The second kappa shape index (κ2) is 6.33. The molecule has 106 valence electrons. The molecule has 0 aliphatic rings. The van der Waals surface area contributed by atoms with Crippen molar-refractivity contribution in [3.05, 3.63) is 65.2 Å². The molecular formula is C16H14ClN3S. The lowest BCUT2D eigenvalue weighted by Crippen LogP contribution is -2.03. The van der Waals surface area contributed by atoms with Gasteiger partial charge >= 0.3 is 0 Å². The van der Waals surface area contributed by atoms with Crippen LogP contribution in [0.1, 0.15) is 5.56 Å². The highest BCUT2D eigenvalue weighted by Crippen LogP contribution is 2.25. The Labute approximate surface area is 133 Å². The van der Waals surface area contributed by atoms with E-state index in [4.69, 9.17) is 11.6 Å². The van der Waals surface area contributed by atoms with Crippen LogP contribution >= 0.6 is 23.4 Å². The van der Waals surface area contributed by atoms with Crippen LogP contribution in [0.2, 0.25) is 5.02 Å². The van der Waals surface area contributed by atoms with Crippen LogP contribution in [0.4, 0.5) is 0 Å². The van der Waals surface area contributed by atoms with Crippen LogP contribution in [0, 0.1) is 0 Å². The number of halogens is 1. The average Bonchev–Trinajstić information content (AvgIpc) is 2.92. The first kappa shape index (κ1) is 14.2. The molecule has 1 aromatic heterocycles. The lowest BCUT2D eigenvalue weighted by molar-refractivity contribution is 0.716. The summed E-state index contributed by atoms with van der Waals surface area (Å²) in [4.78, 5) is 0. The molecule has 0 saturated carbocycles. The lowest BCUT2D eigenvalue weighted by Gasteiger charge is -2.09. The summed E-state index contributed by atoms with van der Waals surface area (Å²) < 4.78 is 2.13. The lowest BCUT2D eigenvalue weighted by atomic mass is 10.2. The van der Waals surface area contributed by atoms with Gasteiger partial charge in [0.1, 0.15) is 0 Å². The van der Waals surface area contributed by atoms with Gasteiger partial charge in [0.05, 0.1) is 6.54 Å². The first-order chi connectivity index (χ1) is 10.3. The Balaban J connectivity index is 2.02. The van der Waals surface area contributed by atoms with Gasteiger partial charge in [0, 0.05) is 10.6 Å². The topological polar surface area (TPSA) is 30.7 Å². The van der Waals surface area contributed by atoms with Crippen LogP contribution in [-0.4, -0.2) is 21.0 Å².